The van der Waals surface area contributed by atoms with E-state index >= 15 is 0 Å². The Kier molecular flexibility index (Phi) is 3.84. The van der Waals surface area contributed by atoms with Crippen LogP contribution in [-0.4, -0.2) is 25.1 Å². The van der Waals surface area contributed by atoms with Crippen LogP contribution in [0.4, 0.5) is 0 Å². The number of Topliss-reactive ketones (excluding diaryl/α,β-unsaturated/α-hetero) is 1. The summed E-state index contributed by atoms with van der Waals surface area (Å²) >= 11 is 9.03. The van der Waals surface area contributed by atoms with E-state index in [2.05, 4.69) is 26.0 Å². The standard InChI is InChI=1S/C14H10BrClN4O2/c1-19-13-11(12(15)18-19)14(22)20(7-17-13)6-10(21)8-2-4-9(16)5-3-8/h2-5,7H,6H2,1H3. The molecule has 22 heavy (non-hydrogen) atoms. The molecule has 0 atom stereocenters. The molecule has 0 saturated carbocycles. The molecule has 1 aromatic carbocycles. The van der Waals surface area contributed by atoms with Crippen LogP contribution >= 0.6 is 27.5 Å². The maximum Gasteiger partial charge on any atom is 0.266 e. The molecule has 0 aliphatic carbocycles. The summed E-state index contributed by atoms with van der Waals surface area (Å²) in [5.41, 5.74) is 0.640. The fourth-order valence-electron chi connectivity index (χ4n) is 2.13. The van der Waals surface area contributed by atoms with Crippen LogP contribution in [0.15, 0.2) is 40.0 Å². The Morgan fingerprint density at radius 3 is 2.68 bits per heavy atom. The van der Waals surface area contributed by atoms with Crippen LogP contribution in [0, 0.1) is 0 Å². The minimum absolute atomic E-state index is 0.0925. The molecule has 112 valence electrons. The molecule has 0 fully saturated rings. The molecule has 2 heterocycles. The quantitative estimate of drug-likeness (QED) is 0.653. The topological polar surface area (TPSA) is 69.8 Å². The van der Waals surface area contributed by atoms with Crippen molar-refractivity contribution in [1.29, 1.82) is 0 Å². The number of halogens is 2. The smallest absolute Gasteiger partial charge is 0.266 e. The minimum atomic E-state index is -0.313. The second kappa shape index (κ2) is 5.66. The lowest BCUT2D eigenvalue weighted by Gasteiger charge is -2.05. The Labute approximate surface area is 138 Å². The summed E-state index contributed by atoms with van der Waals surface area (Å²) < 4.78 is 3.19. The van der Waals surface area contributed by atoms with Gasteiger partial charge in [0.2, 0.25) is 0 Å². The maximum atomic E-state index is 12.4. The van der Waals surface area contributed by atoms with Gasteiger partial charge in [-0.2, -0.15) is 5.10 Å². The number of ketones is 1. The molecular weight excluding hydrogens is 372 g/mol. The van der Waals surface area contributed by atoms with Crippen molar-refractivity contribution in [3.63, 3.8) is 0 Å². The van der Waals surface area contributed by atoms with Gasteiger partial charge < -0.3 is 0 Å². The Morgan fingerprint density at radius 2 is 2.00 bits per heavy atom. The molecule has 3 aromatic rings. The number of aromatic nitrogens is 4. The highest BCUT2D eigenvalue weighted by Gasteiger charge is 2.15. The van der Waals surface area contributed by atoms with Gasteiger partial charge in [0.05, 0.1) is 6.54 Å². The zero-order valence-corrected chi connectivity index (χ0v) is 13.8. The molecule has 3 rings (SSSR count). The summed E-state index contributed by atoms with van der Waals surface area (Å²) in [6.07, 6.45) is 1.35. The van der Waals surface area contributed by atoms with Crippen molar-refractivity contribution in [2.24, 2.45) is 7.05 Å². The van der Waals surface area contributed by atoms with E-state index in [1.807, 2.05) is 0 Å². The molecule has 0 spiro atoms. The van der Waals surface area contributed by atoms with E-state index in [0.29, 0.717) is 26.2 Å². The van der Waals surface area contributed by atoms with Crippen LogP contribution in [0.5, 0.6) is 0 Å². The lowest BCUT2D eigenvalue weighted by Crippen LogP contribution is -2.24. The van der Waals surface area contributed by atoms with Crippen molar-refractivity contribution in [3.8, 4) is 0 Å². The van der Waals surface area contributed by atoms with E-state index in [1.165, 1.54) is 15.6 Å². The van der Waals surface area contributed by atoms with E-state index in [4.69, 9.17) is 11.6 Å². The van der Waals surface area contributed by atoms with Gasteiger partial charge in [-0.15, -0.1) is 0 Å². The highest BCUT2D eigenvalue weighted by Crippen LogP contribution is 2.17. The van der Waals surface area contributed by atoms with Crippen LogP contribution in [-0.2, 0) is 13.6 Å². The van der Waals surface area contributed by atoms with Crippen molar-refractivity contribution in [1.82, 2.24) is 19.3 Å². The third-order valence-corrected chi connectivity index (χ3v) is 4.06. The van der Waals surface area contributed by atoms with Crippen LogP contribution in [0.1, 0.15) is 10.4 Å². The number of carbonyl (C=O) groups is 1. The maximum absolute atomic E-state index is 12.4. The molecule has 0 amide bonds. The zero-order valence-electron chi connectivity index (χ0n) is 11.5. The highest BCUT2D eigenvalue weighted by molar-refractivity contribution is 9.10. The number of carbonyl (C=O) groups excluding carboxylic acids is 1. The first-order valence-corrected chi connectivity index (χ1v) is 7.51. The van der Waals surface area contributed by atoms with Gasteiger partial charge in [-0.1, -0.05) is 11.6 Å². The van der Waals surface area contributed by atoms with Crippen molar-refractivity contribution < 1.29 is 4.79 Å². The summed E-state index contributed by atoms with van der Waals surface area (Å²) in [6, 6.07) is 6.52. The average Bonchev–Trinajstić information content (AvgIpc) is 2.77. The number of aryl methyl sites for hydroxylation is 1. The van der Waals surface area contributed by atoms with Gasteiger partial charge in [0.25, 0.3) is 5.56 Å². The van der Waals surface area contributed by atoms with Crippen molar-refractivity contribution >= 4 is 44.3 Å². The van der Waals surface area contributed by atoms with Gasteiger partial charge in [0.15, 0.2) is 11.4 Å². The normalized spacial score (nSPS) is 11.0. The molecule has 0 aliphatic heterocycles. The van der Waals surface area contributed by atoms with Crippen LogP contribution in [0.25, 0.3) is 11.0 Å². The molecule has 0 saturated heterocycles. The lowest BCUT2D eigenvalue weighted by molar-refractivity contribution is 0.0970. The Balaban J connectivity index is 1.99. The molecule has 0 bridgehead atoms. The largest absolute Gasteiger partial charge is 0.292 e. The third-order valence-electron chi connectivity index (χ3n) is 3.25. The highest BCUT2D eigenvalue weighted by atomic mass is 79.9. The summed E-state index contributed by atoms with van der Waals surface area (Å²) in [7, 11) is 1.70. The third kappa shape index (κ3) is 2.57. The number of nitrogens with zero attached hydrogens (tertiary/aromatic N) is 4. The molecule has 0 N–H and O–H groups in total. The predicted molar refractivity (Wildman–Crippen MR) is 86.3 cm³/mol. The summed E-state index contributed by atoms with van der Waals surface area (Å²) in [4.78, 5) is 28.9. The molecule has 2 aromatic heterocycles. The van der Waals surface area contributed by atoms with E-state index in [1.54, 1.807) is 31.3 Å². The molecule has 0 unspecified atom stereocenters. The molecular formula is C14H10BrClN4O2. The second-order valence-corrected chi connectivity index (χ2v) is 5.91. The fraction of sp³-hybridized carbons (Fsp3) is 0.143. The molecule has 6 nitrogen and oxygen atoms in total. The van der Waals surface area contributed by atoms with Crippen molar-refractivity contribution in [2.45, 2.75) is 6.54 Å². The van der Waals surface area contributed by atoms with Crippen LogP contribution < -0.4 is 5.56 Å². The van der Waals surface area contributed by atoms with Gasteiger partial charge in [0, 0.05) is 17.6 Å². The van der Waals surface area contributed by atoms with Gasteiger partial charge in [-0.05, 0) is 40.2 Å². The number of fused-ring (bicyclic) bond motifs is 1. The summed E-state index contributed by atoms with van der Waals surface area (Å²) in [5, 5.41) is 5.00. The first-order chi connectivity index (χ1) is 10.5. The van der Waals surface area contributed by atoms with Gasteiger partial charge in [-0.25, -0.2) is 9.67 Å². The predicted octanol–water partition coefficient (Wildman–Crippen LogP) is 2.43. The first kappa shape index (κ1) is 14.9. The fourth-order valence-corrected chi connectivity index (χ4v) is 2.84. The molecule has 0 radical (unpaired) electrons. The SMILES string of the molecule is Cn1nc(Br)c2c(=O)n(CC(=O)c3ccc(Cl)cc3)cnc21. The number of benzene rings is 1. The van der Waals surface area contributed by atoms with Crippen molar-refractivity contribution in [3.05, 3.63) is 56.1 Å². The summed E-state index contributed by atoms with van der Waals surface area (Å²) in [6.45, 7) is -0.0925. The first-order valence-electron chi connectivity index (χ1n) is 6.34. The minimum Gasteiger partial charge on any atom is -0.292 e. The Hall–Kier alpha value is -1.99. The summed E-state index contributed by atoms with van der Waals surface area (Å²) in [5.74, 6) is -0.195. The number of hydrogen-bond donors (Lipinski definition) is 0. The average molecular weight is 382 g/mol. The van der Waals surface area contributed by atoms with Gasteiger partial charge >= 0.3 is 0 Å². The van der Waals surface area contributed by atoms with Crippen molar-refractivity contribution in [2.75, 3.05) is 0 Å². The second-order valence-electron chi connectivity index (χ2n) is 4.72. The van der Waals surface area contributed by atoms with Crippen LogP contribution in [0.2, 0.25) is 5.02 Å². The van der Waals surface area contributed by atoms with E-state index in [0.717, 1.165) is 0 Å². The molecule has 0 aliphatic rings. The monoisotopic (exact) mass is 380 g/mol. The van der Waals surface area contributed by atoms with Gasteiger partial charge in [0.1, 0.15) is 16.3 Å². The van der Waals surface area contributed by atoms with E-state index in [9.17, 15) is 9.59 Å². The van der Waals surface area contributed by atoms with E-state index in [-0.39, 0.29) is 17.9 Å². The lowest BCUT2D eigenvalue weighted by atomic mass is 10.1. The zero-order chi connectivity index (χ0) is 15.9. The molecule has 8 heteroatoms. The Bertz CT molecular complexity index is 930. The van der Waals surface area contributed by atoms with Gasteiger partial charge in [-0.3, -0.25) is 14.2 Å². The van der Waals surface area contributed by atoms with E-state index < -0.39 is 0 Å². The Morgan fingerprint density at radius 1 is 1.32 bits per heavy atom. The van der Waals surface area contributed by atoms with Crippen LogP contribution in [0.3, 0.4) is 0 Å². The number of hydrogen-bond acceptors (Lipinski definition) is 4. The number of rotatable bonds is 3.